The van der Waals surface area contributed by atoms with Crippen molar-refractivity contribution in [1.29, 1.82) is 0 Å². The molecule has 2 fully saturated rings. The second kappa shape index (κ2) is 5.42. The SMILES string of the molecule is NS(=O)(=O)c1c(C(=O)NC2CCCCC2)n[nH]c1C1CC1. The van der Waals surface area contributed by atoms with Gasteiger partial charge in [0.05, 0.1) is 5.69 Å². The molecule has 1 amide bonds. The van der Waals surface area contributed by atoms with Crippen LogP contribution in [0.4, 0.5) is 0 Å². The van der Waals surface area contributed by atoms with Crippen molar-refractivity contribution in [2.45, 2.75) is 61.8 Å². The van der Waals surface area contributed by atoms with Crippen LogP contribution in [0.5, 0.6) is 0 Å². The number of rotatable bonds is 4. The van der Waals surface area contributed by atoms with Crippen LogP contribution in [-0.2, 0) is 10.0 Å². The Labute approximate surface area is 123 Å². The van der Waals surface area contributed by atoms with Gasteiger partial charge in [-0.25, -0.2) is 13.6 Å². The van der Waals surface area contributed by atoms with Crippen LogP contribution in [0.3, 0.4) is 0 Å². The fourth-order valence-corrected chi connectivity index (χ4v) is 3.86. The molecule has 0 saturated heterocycles. The third-order valence-electron chi connectivity index (χ3n) is 4.17. The minimum absolute atomic E-state index is 0.0926. The number of carbonyl (C=O) groups excluding carboxylic acids is 1. The molecule has 0 spiro atoms. The fourth-order valence-electron chi connectivity index (χ4n) is 2.94. The van der Waals surface area contributed by atoms with E-state index in [1.54, 1.807) is 0 Å². The number of nitrogens with one attached hydrogen (secondary N) is 2. The summed E-state index contributed by atoms with van der Waals surface area (Å²) in [6.45, 7) is 0. The number of aromatic amines is 1. The Hall–Kier alpha value is -1.41. The van der Waals surface area contributed by atoms with Crippen molar-refractivity contribution in [1.82, 2.24) is 15.5 Å². The lowest BCUT2D eigenvalue weighted by molar-refractivity contribution is 0.0919. The zero-order chi connectivity index (χ0) is 15.0. The summed E-state index contributed by atoms with van der Waals surface area (Å²) in [6, 6.07) is 0.0978. The quantitative estimate of drug-likeness (QED) is 0.768. The molecule has 4 N–H and O–H groups in total. The summed E-state index contributed by atoms with van der Waals surface area (Å²) < 4.78 is 23.6. The monoisotopic (exact) mass is 312 g/mol. The first-order valence-corrected chi connectivity index (χ1v) is 8.93. The van der Waals surface area contributed by atoms with Crippen LogP contribution in [0.15, 0.2) is 4.90 Å². The Morgan fingerprint density at radius 3 is 2.43 bits per heavy atom. The normalized spacial score (nSPS) is 20.4. The van der Waals surface area contributed by atoms with Crippen LogP contribution in [0.25, 0.3) is 0 Å². The number of H-pyrrole nitrogens is 1. The lowest BCUT2D eigenvalue weighted by Crippen LogP contribution is -2.37. The maximum Gasteiger partial charge on any atom is 0.273 e. The van der Waals surface area contributed by atoms with E-state index in [2.05, 4.69) is 15.5 Å². The first kappa shape index (κ1) is 14.5. The van der Waals surface area contributed by atoms with Crippen LogP contribution < -0.4 is 10.5 Å². The Kier molecular flexibility index (Phi) is 3.75. The number of carbonyl (C=O) groups is 1. The van der Waals surface area contributed by atoms with Crippen molar-refractivity contribution in [3.05, 3.63) is 11.4 Å². The predicted molar refractivity (Wildman–Crippen MR) is 76.3 cm³/mol. The van der Waals surface area contributed by atoms with E-state index in [0.29, 0.717) is 5.69 Å². The summed E-state index contributed by atoms with van der Waals surface area (Å²) in [4.78, 5) is 12.2. The molecule has 0 unspecified atom stereocenters. The molecule has 0 aliphatic heterocycles. The molecule has 116 valence electrons. The molecule has 0 bridgehead atoms. The number of primary sulfonamides is 1. The molecule has 3 rings (SSSR count). The van der Waals surface area contributed by atoms with Gasteiger partial charge in [-0.05, 0) is 25.7 Å². The van der Waals surface area contributed by atoms with Gasteiger partial charge in [-0.1, -0.05) is 19.3 Å². The van der Waals surface area contributed by atoms with E-state index < -0.39 is 15.9 Å². The van der Waals surface area contributed by atoms with Gasteiger partial charge in [-0.15, -0.1) is 0 Å². The number of sulfonamides is 1. The first-order valence-electron chi connectivity index (χ1n) is 7.38. The Morgan fingerprint density at radius 1 is 1.19 bits per heavy atom. The van der Waals surface area contributed by atoms with E-state index in [9.17, 15) is 13.2 Å². The number of nitrogens with two attached hydrogens (primary N) is 1. The number of nitrogens with zero attached hydrogens (tertiary/aromatic N) is 1. The number of hydrogen-bond donors (Lipinski definition) is 3. The van der Waals surface area contributed by atoms with E-state index in [1.165, 1.54) is 6.42 Å². The standard InChI is InChI=1S/C13H20N4O3S/c14-21(19,20)12-10(8-6-7-8)16-17-11(12)13(18)15-9-4-2-1-3-5-9/h8-9H,1-7H2,(H,15,18)(H,16,17)(H2,14,19,20). The molecule has 8 heteroatoms. The molecule has 0 radical (unpaired) electrons. The number of aromatic nitrogens is 2. The molecular formula is C13H20N4O3S. The molecule has 2 aliphatic carbocycles. The van der Waals surface area contributed by atoms with Crippen LogP contribution in [0, 0.1) is 0 Å². The summed E-state index contributed by atoms with van der Waals surface area (Å²) in [5.74, 6) is -0.323. The van der Waals surface area contributed by atoms with Crippen molar-refractivity contribution in [3.63, 3.8) is 0 Å². The van der Waals surface area contributed by atoms with Gasteiger partial charge in [0, 0.05) is 12.0 Å². The fraction of sp³-hybridized carbons (Fsp3) is 0.692. The van der Waals surface area contributed by atoms with Crippen molar-refractivity contribution in [2.24, 2.45) is 5.14 Å². The topological polar surface area (TPSA) is 118 Å². The highest BCUT2D eigenvalue weighted by atomic mass is 32.2. The van der Waals surface area contributed by atoms with E-state index >= 15 is 0 Å². The Morgan fingerprint density at radius 2 is 1.86 bits per heavy atom. The Bertz CT molecular complexity index is 642. The molecule has 7 nitrogen and oxygen atoms in total. The van der Waals surface area contributed by atoms with Gasteiger partial charge in [0.25, 0.3) is 5.91 Å². The van der Waals surface area contributed by atoms with Gasteiger partial charge in [-0.2, -0.15) is 5.10 Å². The molecule has 0 aromatic carbocycles. The highest BCUT2D eigenvalue weighted by Crippen LogP contribution is 2.42. The summed E-state index contributed by atoms with van der Waals surface area (Å²) in [7, 11) is -3.97. The minimum atomic E-state index is -3.97. The van der Waals surface area contributed by atoms with Crippen molar-refractivity contribution in [3.8, 4) is 0 Å². The molecule has 1 aromatic rings. The first-order chi connectivity index (χ1) is 9.97. The third kappa shape index (κ3) is 3.11. The largest absolute Gasteiger partial charge is 0.348 e. The molecule has 0 atom stereocenters. The van der Waals surface area contributed by atoms with Crippen molar-refractivity contribution in [2.75, 3.05) is 0 Å². The molecule has 1 aromatic heterocycles. The average molecular weight is 312 g/mol. The highest BCUT2D eigenvalue weighted by Gasteiger charge is 2.36. The van der Waals surface area contributed by atoms with Crippen molar-refractivity contribution < 1.29 is 13.2 Å². The average Bonchev–Trinajstić information content (AvgIpc) is 3.16. The van der Waals surface area contributed by atoms with E-state index in [-0.39, 0.29) is 22.5 Å². The molecule has 2 saturated carbocycles. The van der Waals surface area contributed by atoms with Gasteiger partial charge in [0.1, 0.15) is 4.90 Å². The number of amides is 1. The lowest BCUT2D eigenvalue weighted by atomic mass is 9.95. The van der Waals surface area contributed by atoms with Gasteiger partial charge < -0.3 is 5.32 Å². The summed E-state index contributed by atoms with van der Waals surface area (Å²) in [5, 5.41) is 14.8. The van der Waals surface area contributed by atoms with Crippen LogP contribution >= 0.6 is 0 Å². The van der Waals surface area contributed by atoms with Crippen LogP contribution in [0.2, 0.25) is 0 Å². The smallest absolute Gasteiger partial charge is 0.273 e. The summed E-state index contributed by atoms with van der Waals surface area (Å²) in [6.07, 6.45) is 7.00. The second-order valence-electron chi connectivity index (χ2n) is 5.94. The van der Waals surface area contributed by atoms with Crippen LogP contribution in [-0.4, -0.2) is 30.6 Å². The predicted octanol–water partition coefficient (Wildman–Crippen LogP) is 0.997. The maximum absolute atomic E-state index is 12.3. The Balaban J connectivity index is 1.85. The summed E-state index contributed by atoms with van der Waals surface area (Å²) >= 11 is 0. The van der Waals surface area contributed by atoms with E-state index in [1.807, 2.05) is 0 Å². The van der Waals surface area contributed by atoms with Gasteiger partial charge >= 0.3 is 0 Å². The van der Waals surface area contributed by atoms with Crippen LogP contribution in [0.1, 0.15) is 67.0 Å². The van der Waals surface area contributed by atoms with Gasteiger partial charge in [-0.3, -0.25) is 9.89 Å². The zero-order valence-electron chi connectivity index (χ0n) is 11.8. The highest BCUT2D eigenvalue weighted by molar-refractivity contribution is 7.89. The van der Waals surface area contributed by atoms with E-state index in [4.69, 9.17) is 5.14 Å². The van der Waals surface area contributed by atoms with Gasteiger partial charge in [0.15, 0.2) is 5.69 Å². The van der Waals surface area contributed by atoms with E-state index in [0.717, 1.165) is 38.5 Å². The molecule has 2 aliphatic rings. The minimum Gasteiger partial charge on any atom is -0.348 e. The number of hydrogen-bond acceptors (Lipinski definition) is 4. The third-order valence-corrected chi connectivity index (χ3v) is 5.16. The maximum atomic E-state index is 12.3. The molecule has 21 heavy (non-hydrogen) atoms. The second-order valence-corrected chi connectivity index (χ2v) is 7.44. The van der Waals surface area contributed by atoms with Crippen molar-refractivity contribution >= 4 is 15.9 Å². The lowest BCUT2D eigenvalue weighted by Gasteiger charge is -2.22. The molecule has 1 heterocycles. The summed E-state index contributed by atoms with van der Waals surface area (Å²) in [5.41, 5.74) is 0.385. The zero-order valence-corrected chi connectivity index (χ0v) is 12.6. The van der Waals surface area contributed by atoms with Gasteiger partial charge in [0.2, 0.25) is 10.0 Å². The molecular weight excluding hydrogens is 292 g/mol.